The van der Waals surface area contributed by atoms with E-state index in [4.69, 9.17) is 10.4 Å². The summed E-state index contributed by atoms with van der Waals surface area (Å²) in [6, 6.07) is 0. The van der Waals surface area contributed by atoms with Crippen LogP contribution in [0.3, 0.4) is 0 Å². The minimum absolute atomic E-state index is 0.205. The lowest BCUT2D eigenvalue weighted by molar-refractivity contribution is -0.127. The summed E-state index contributed by atoms with van der Waals surface area (Å²) < 4.78 is 0. The molecule has 0 aliphatic heterocycles. The highest BCUT2D eigenvalue weighted by atomic mass is 16.4. The van der Waals surface area contributed by atoms with Crippen molar-refractivity contribution in [1.82, 2.24) is 10.2 Å². The van der Waals surface area contributed by atoms with Gasteiger partial charge in [-0.15, -0.1) is 0 Å². The number of hydrogen-bond donors (Lipinski definition) is 2. The zero-order chi connectivity index (χ0) is 11.7. The van der Waals surface area contributed by atoms with Crippen LogP contribution in [-0.2, 0) is 4.79 Å². The van der Waals surface area contributed by atoms with Crippen molar-refractivity contribution in [2.45, 2.75) is 25.7 Å². The van der Waals surface area contributed by atoms with Gasteiger partial charge in [0.15, 0.2) is 6.19 Å². The second-order valence-corrected chi connectivity index (χ2v) is 3.10. The van der Waals surface area contributed by atoms with Crippen molar-refractivity contribution in [2.75, 3.05) is 13.6 Å². The van der Waals surface area contributed by atoms with Crippen molar-refractivity contribution < 1.29 is 14.7 Å². The Kier molecular flexibility index (Phi) is 6.72. The second kappa shape index (κ2) is 7.62. The number of nitriles is 1. The monoisotopic (exact) mass is 213 g/mol. The number of unbranched alkanes of at least 4 members (excludes halogenated alkanes) is 2. The Bertz CT molecular complexity index is 260. The molecule has 0 bridgehead atoms. The third kappa shape index (κ3) is 7.31. The number of amides is 2. The fraction of sp³-hybridized carbons (Fsp3) is 0.667. The van der Waals surface area contributed by atoms with Gasteiger partial charge in [-0.25, -0.2) is 4.79 Å². The van der Waals surface area contributed by atoms with Crippen LogP contribution in [0.4, 0.5) is 4.79 Å². The highest BCUT2D eigenvalue weighted by Gasteiger charge is 2.06. The van der Waals surface area contributed by atoms with E-state index in [1.807, 2.05) is 0 Å². The maximum Gasteiger partial charge on any atom is 0.404 e. The molecule has 0 aromatic carbocycles. The van der Waals surface area contributed by atoms with Crippen LogP contribution in [0.5, 0.6) is 0 Å². The molecule has 2 N–H and O–H groups in total. The van der Waals surface area contributed by atoms with Crippen molar-refractivity contribution in [3.63, 3.8) is 0 Å². The molecule has 15 heavy (non-hydrogen) atoms. The van der Waals surface area contributed by atoms with E-state index in [-0.39, 0.29) is 5.91 Å². The van der Waals surface area contributed by atoms with E-state index < -0.39 is 6.09 Å². The number of nitrogens with zero attached hydrogens (tertiary/aromatic N) is 2. The lowest BCUT2D eigenvalue weighted by Crippen LogP contribution is -2.22. The lowest BCUT2D eigenvalue weighted by Gasteiger charge is -2.06. The zero-order valence-corrected chi connectivity index (χ0v) is 8.69. The summed E-state index contributed by atoms with van der Waals surface area (Å²) in [4.78, 5) is 22.2. The lowest BCUT2D eigenvalue weighted by atomic mass is 10.2. The quantitative estimate of drug-likeness (QED) is 0.387. The van der Waals surface area contributed by atoms with Crippen LogP contribution < -0.4 is 5.32 Å². The summed E-state index contributed by atoms with van der Waals surface area (Å²) in [5.74, 6) is -0.205. The topological polar surface area (TPSA) is 93.4 Å². The van der Waals surface area contributed by atoms with Crippen molar-refractivity contribution >= 4 is 12.0 Å². The molecule has 0 radical (unpaired) electrons. The maximum absolute atomic E-state index is 11.1. The molecule has 0 rings (SSSR count). The average Bonchev–Trinajstić information content (AvgIpc) is 2.21. The zero-order valence-electron chi connectivity index (χ0n) is 8.69. The molecule has 84 valence electrons. The van der Waals surface area contributed by atoms with Gasteiger partial charge < -0.3 is 10.4 Å². The summed E-state index contributed by atoms with van der Waals surface area (Å²) >= 11 is 0. The molecule has 2 amide bonds. The smallest absolute Gasteiger partial charge is 0.404 e. The fourth-order valence-electron chi connectivity index (χ4n) is 0.997. The molecule has 0 saturated carbocycles. The standard InChI is InChI=1S/C9H15N3O3/c1-12(7-10)8(13)5-3-2-4-6-11-9(14)15/h11H,2-6H2,1H3,(H,14,15). The number of hydrogen-bond acceptors (Lipinski definition) is 3. The molecular formula is C9H15N3O3. The Morgan fingerprint density at radius 2 is 2.07 bits per heavy atom. The molecule has 0 aliphatic carbocycles. The third-order valence-electron chi connectivity index (χ3n) is 1.87. The molecule has 0 fully saturated rings. The van der Waals surface area contributed by atoms with Crippen LogP contribution >= 0.6 is 0 Å². The van der Waals surface area contributed by atoms with E-state index in [1.165, 1.54) is 7.05 Å². The molecule has 0 unspecified atom stereocenters. The summed E-state index contributed by atoms with van der Waals surface area (Å²) in [6.07, 6.45) is 3.17. The van der Waals surface area contributed by atoms with Crippen LogP contribution in [0.15, 0.2) is 0 Å². The molecule has 0 aromatic rings. The first-order valence-corrected chi connectivity index (χ1v) is 4.71. The molecule has 0 heterocycles. The largest absolute Gasteiger partial charge is 0.465 e. The second-order valence-electron chi connectivity index (χ2n) is 3.10. The van der Waals surface area contributed by atoms with Crippen LogP contribution in [0, 0.1) is 11.5 Å². The molecule has 0 atom stereocenters. The first kappa shape index (κ1) is 13.2. The van der Waals surface area contributed by atoms with Gasteiger partial charge in [0.1, 0.15) is 0 Å². The Labute approximate surface area is 88.5 Å². The first-order valence-electron chi connectivity index (χ1n) is 4.71. The van der Waals surface area contributed by atoms with Gasteiger partial charge in [-0.1, -0.05) is 6.42 Å². The average molecular weight is 213 g/mol. The molecule has 0 aromatic heterocycles. The van der Waals surface area contributed by atoms with E-state index in [9.17, 15) is 9.59 Å². The third-order valence-corrected chi connectivity index (χ3v) is 1.87. The first-order chi connectivity index (χ1) is 7.07. The normalized spacial score (nSPS) is 9.07. The van der Waals surface area contributed by atoms with Crippen molar-refractivity contribution in [3.8, 4) is 6.19 Å². The van der Waals surface area contributed by atoms with Gasteiger partial charge >= 0.3 is 6.09 Å². The van der Waals surface area contributed by atoms with Gasteiger partial charge in [0, 0.05) is 20.0 Å². The van der Waals surface area contributed by atoms with E-state index in [0.29, 0.717) is 25.8 Å². The van der Waals surface area contributed by atoms with E-state index in [1.54, 1.807) is 6.19 Å². The van der Waals surface area contributed by atoms with E-state index >= 15 is 0 Å². The molecular weight excluding hydrogens is 198 g/mol. The fourth-order valence-corrected chi connectivity index (χ4v) is 0.997. The van der Waals surface area contributed by atoms with Gasteiger partial charge in [-0.3, -0.25) is 9.69 Å². The Morgan fingerprint density at radius 1 is 1.40 bits per heavy atom. The maximum atomic E-state index is 11.1. The summed E-state index contributed by atoms with van der Waals surface area (Å²) in [5, 5.41) is 18.9. The van der Waals surface area contributed by atoms with Gasteiger partial charge in [0.05, 0.1) is 0 Å². The number of nitrogens with one attached hydrogen (secondary N) is 1. The van der Waals surface area contributed by atoms with Crippen molar-refractivity contribution in [1.29, 1.82) is 5.26 Å². The van der Waals surface area contributed by atoms with Crippen LogP contribution in [0.25, 0.3) is 0 Å². The molecule has 6 heteroatoms. The van der Waals surface area contributed by atoms with Crippen molar-refractivity contribution in [3.05, 3.63) is 0 Å². The summed E-state index contributed by atoms with van der Waals surface area (Å²) in [5.41, 5.74) is 0. The Balaban J connectivity index is 3.36. The Hall–Kier alpha value is -1.77. The highest BCUT2D eigenvalue weighted by molar-refractivity contribution is 5.77. The number of carbonyl (C=O) groups is 2. The predicted molar refractivity (Wildman–Crippen MR) is 52.9 cm³/mol. The van der Waals surface area contributed by atoms with Crippen LogP contribution in [-0.4, -0.2) is 35.6 Å². The number of carboxylic acid groups (broad SMARTS) is 1. The predicted octanol–water partition coefficient (Wildman–Crippen LogP) is 0.754. The molecule has 0 saturated heterocycles. The van der Waals surface area contributed by atoms with E-state index in [2.05, 4.69) is 5.32 Å². The van der Waals surface area contributed by atoms with Gasteiger partial charge in [0.25, 0.3) is 0 Å². The SMILES string of the molecule is CN(C#N)C(=O)CCCCCNC(=O)O. The number of rotatable bonds is 6. The number of carbonyl (C=O) groups excluding carboxylic acids is 1. The van der Waals surface area contributed by atoms with E-state index in [0.717, 1.165) is 11.3 Å². The van der Waals surface area contributed by atoms with Gasteiger partial charge in [-0.2, -0.15) is 5.26 Å². The Morgan fingerprint density at radius 3 is 2.60 bits per heavy atom. The van der Waals surface area contributed by atoms with Gasteiger partial charge in [0.2, 0.25) is 5.91 Å². The van der Waals surface area contributed by atoms with Crippen molar-refractivity contribution in [2.24, 2.45) is 0 Å². The molecule has 0 aliphatic rings. The summed E-state index contributed by atoms with van der Waals surface area (Å²) in [7, 11) is 1.42. The highest BCUT2D eigenvalue weighted by Crippen LogP contribution is 2.01. The minimum atomic E-state index is -1.03. The molecule has 0 spiro atoms. The van der Waals surface area contributed by atoms with Crippen LogP contribution in [0.1, 0.15) is 25.7 Å². The van der Waals surface area contributed by atoms with Gasteiger partial charge in [-0.05, 0) is 12.8 Å². The minimum Gasteiger partial charge on any atom is -0.465 e. The summed E-state index contributed by atoms with van der Waals surface area (Å²) in [6.45, 7) is 0.400. The van der Waals surface area contributed by atoms with Crippen LogP contribution in [0.2, 0.25) is 0 Å². The molecule has 6 nitrogen and oxygen atoms in total.